The molecule has 1 unspecified atom stereocenters. The van der Waals surface area contributed by atoms with Crippen LogP contribution in [0.2, 0.25) is 0 Å². The number of amides is 1. The molecule has 1 rings (SSSR count). The Hall–Kier alpha value is -1.62. The molecule has 0 spiro atoms. The molecule has 92 valence electrons. The zero-order chi connectivity index (χ0) is 12.8. The van der Waals surface area contributed by atoms with E-state index in [0.29, 0.717) is 17.9 Å². The zero-order valence-corrected chi connectivity index (χ0v) is 10.7. The van der Waals surface area contributed by atoms with Crippen LogP contribution in [0.1, 0.15) is 24.2 Å². The largest absolute Gasteiger partial charge is 0.493 e. The van der Waals surface area contributed by atoms with Crippen molar-refractivity contribution in [2.75, 3.05) is 6.61 Å². The molecule has 1 aromatic rings. The van der Waals surface area contributed by atoms with Gasteiger partial charge in [-0.05, 0) is 26.0 Å². The van der Waals surface area contributed by atoms with Crippen LogP contribution in [0.5, 0.6) is 5.75 Å². The number of thiocarbonyl (C=S) groups is 1. The molecule has 17 heavy (non-hydrogen) atoms. The predicted octanol–water partition coefficient (Wildman–Crippen LogP) is 1.49. The molecular formula is C12H16N2O2S. The average molecular weight is 252 g/mol. The Kier molecular flexibility index (Phi) is 4.90. The van der Waals surface area contributed by atoms with Gasteiger partial charge in [-0.15, -0.1) is 0 Å². The molecule has 3 N–H and O–H groups in total. The second kappa shape index (κ2) is 6.20. The normalized spacial score (nSPS) is 11.6. The Balaban J connectivity index is 2.84. The molecule has 0 aliphatic heterocycles. The van der Waals surface area contributed by atoms with Gasteiger partial charge in [-0.2, -0.15) is 0 Å². The predicted molar refractivity (Wildman–Crippen MR) is 71.3 cm³/mol. The molecule has 0 bridgehead atoms. The third-order valence-corrected chi connectivity index (χ3v) is 2.56. The maximum Gasteiger partial charge on any atom is 0.255 e. The lowest BCUT2D eigenvalue weighted by Gasteiger charge is -2.14. The fourth-order valence-electron chi connectivity index (χ4n) is 1.28. The molecule has 0 aliphatic carbocycles. The fraction of sp³-hybridized carbons (Fsp3) is 0.333. The highest BCUT2D eigenvalue weighted by molar-refractivity contribution is 7.80. The lowest BCUT2D eigenvalue weighted by molar-refractivity contribution is 0.0945. The average Bonchev–Trinajstić information content (AvgIpc) is 2.29. The van der Waals surface area contributed by atoms with Gasteiger partial charge in [0.25, 0.3) is 5.91 Å². The smallest absolute Gasteiger partial charge is 0.255 e. The second-order valence-electron chi connectivity index (χ2n) is 3.53. The molecule has 5 heteroatoms. The van der Waals surface area contributed by atoms with Crippen LogP contribution in [0.25, 0.3) is 0 Å². The van der Waals surface area contributed by atoms with E-state index in [1.807, 2.05) is 13.0 Å². The lowest BCUT2D eigenvalue weighted by atomic mass is 10.1. The number of nitrogens with one attached hydrogen (secondary N) is 1. The van der Waals surface area contributed by atoms with Gasteiger partial charge < -0.3 is 15.8 Å². The van der Waals surface area contributed by atoms with Crippen LogP contribution < -0.4 is 15.8 Å². The molecule has 0 heterocycles. The monoisotopic (exact) mass is 252 g/mol. The van der Waals surface area contributed by atoms with Gasteiger partial charge in [0.2, 0.25) is 0 Å². The maximum absolute atomic E-state index is 11.9. The Morgan fingerprint density at radius 2 is 2.18 bits per heavy atom. The molecule has 0 fully saturated rings. The number of nitrogens with two attached hydrogens (primary N) is 1. The summed E-state index contributed by atoms with van der Waals surface area (Å²) in [7, 11) is 0. The second-order valence-corrected chi connectivity index (χ2v) is 4.00. The van der Waals surface area contributed by atoms with E-state index in [4.69, 9.17) is 22.7 Å². The molecule has 4 nitrogen and oxygen atoms in total. The molecule has 0 radical (unpaired) electrons. The Morgan fingerprint density at radius 1 is 1.53 bits per heavy atom. The first-order valence-corrected chi connectivity index (χ1v) is 5.79. The van der Waals surface area contributed by atoms with Crippen LogP contribution in [0.3, 0.4) is 0 Å². The Morgan fingerprint density at radius 3 is 2.76 bits per heavy atom. The molecular weight excluding hydrogens is 236 g/mol. The number of hydrogen-bond donors (Lipinski definition) is 2. The van der Waals surface area contributed by atoms with Gasteiger partial charge in [-0.1, -0.05) is 24.4 Å². The number of hydrogen-bond acceptors (Lipinski definition) is 3. The summed E-state index contributed by atoms with van der Waals surface area (Å²) in [6.07, 6.45) is 0. The standard InChI is InChI=1S/C12H16N2O2S/c1-3-16-10-7-5-4-6-9(10)12(15)14-8(2)11(13)17/h4-8H,3H2,1-2H3,(H2,13,17)(H,14,15). The van der Waals surface area contributed by atoms with E-state index in [0.717, 1.165) is 0 Å². The van der Waals surface area contributed by atoms with Crippen LogP contribution in [0.4, 0.5) is 0 Å². The summed E-state index contributed by atoms with van der Waals surface area (Å²) in [5, 5.41) is 2.71. The molecule has 0 saturated heterocycles. The Labute approximate surface area is 106 Å². The third-order valence-electron chi connectivity index (χ3n) is 2.21. The van der Waals surface area contributed by atoms with Crippen molar-refractivity contribution >= 4 is 23.1 Å². The Bertz CT molecular complexity index is 421. The van der Waals surface area contributed by atoms with Crippen molar-refractivity contribution in [2.24, 2.45) is 5.73 Å². The number of para-hydroxylation sites is 1. The summed E-state index contributed by atoms with van der Waals surface area (Å²) in [6, 6.07) is 6.71. The van der Waals surface area contributed by atoms with Crippen LogP contribution in [0, 0.1) is 0 Å². The first-order valence-electron chi connectivity index (χ1n) is 5.38. The molecule has 1 atom stereocenters. The lowest BCUT2D eigenvalue weighted by Crippen LogP contribution is -2.41. The molecule has 0 saturated carbocycles. The number of rotatable bonds is 5. The van der Waals surface area contributed by atoms with Crippen LogP contribution in [0.15, 0.2) is 24.3 Å². The van der Waals surface area contributed by atoms with Crippen LogP contribution >= 0.6 is 12.2 Å². The zero-order valence-electron chi connectivity index (χ0n) is 9.90. The van der Waals surface area contributed by atoms with Crippen molar-refractivity contribution in [3.63, 3.8) is 0 Å². The van der Waals surface area contributed by atoms with Crippen molar-refractivity contribution < 1.29 is 9.53 Å². The van der Waals surface area contributed by atoms with E-state index >= 15 is 0 Å². The minimum Gasteiger partial charge on any atom is -0.493 e. The van der Waals surface area contributed by atoms with Gasteiger partial charge in [0, 0.05) is 0 Å². The first kappa shape index (κ1) is 13.4. The van der Waals surface area contributed by atoms with E-state index in [-0.39, 0.29) is 16.9 Å². The highest BCUT2D eigenvalue weighted by Gasteiger charge is 2.15. The van der Waals surface area contributed by atoms with Crippen molar-refractivity contribution in [1.82, 2.24) is 5.32 Å². The minimum atomic E-state index is -0.341. The molecule has 1 aromatic carbocycles. The van der Waals surface area contributed by atoms with Crippen LogP contribution in [-0.4, -0.2) is 23.5 Å². The molecule has 1 amide bonds. The number of carbonyl (C=O) groups is 1. The summed E-state index contributed by atoms with van der Waals surface area (Å²) >= 11 is 4.80. The summed E-state index contributed by atoms with van der Waals surface area (Å²) in [6.45, 7) is 4.12. The van der Waals surface area contributed by atoms with E-state index in [1.165, 1.54) is 0 Å². The van der Waals surface area contributed by atoms with E-state index in [9.17, 15) is 4.79 Å². The van der Waals surface area contributed by atoms with E-state index < -0.39 is 0 Å². The topological polar surface area (TPSA) is 64.3 Å². The SMILES string of the molecule is CCOc1ccccc1C(=O)NC(C)C(N)=S. The van der Waals surface area contributed by atoms with Crippen LogP contribution in [-0.2, 0) is 0 Å². The van der Waals surface area contributed by atoms with Gasteiger partial charge in [0.1, 0.15) is 5.75 Å². The minimum absolute atomic E-state index is 0.241. The van der Waals surface area contributed by atoms with Crippen molar-refractivity contribution in [1.29, 1.82) is 0 Å². The summed E-state index contributed by atoms with van der Waals surface area (Å²) < 4.78 is 5.38. The van der Waals surface area contributed by atoms with E-state index in [2.05, 4.69) is 5.32 Å². The summed E-state index contributed by atoms with van der Waals surface area (Å²) in [5.74, 6) is 0.317. The maximum atomic E-state index is 11.9. The molecule has 0 aliphatic rings. The van der Waals surface area contributed by atoms with Gasteiger partial charge in [-0.25, -0.2) is 0 Å². The summed E-state index contributed by atoms with van der Waals surface area (Å²) in [4.78, 5) is 12.2. The van der Waals surface area contributed by atoms with Gasteiger partial charge in [0.05, 0.1) is 23.2 Å². The molecule has 0 aromatic heterocycles. The van der Waals surface area contributed by atoms with Gasteiger partial charge in [-0.3, -0.25) is 4.79 Å². The highest BCUT2D eigenvalue weighted by Crippen LogP contribution is 2.17. The number of benzene rings is 1. The van der Waals surface area contributed by atoms with Gasteiger partial charge >= 0.3 is 0 Å². The van der Waals surface area contributed by atoms with E-state index in [1.54, 1.807) is 25.1 Å². The van der Waals surface area contributed by atoms with Crippen molar-refractivity contribution in [3.05, 3.63) is 29.8 Å². The summed E-state index contributed by atoms with van der Waals surface area (Å²) in [5.41, 5.74) is 5.93. The fourth-order valence-corrected chi connectivity index (χ4v) is 1.34. The number of carbonyl (C=O) groups excluding carboxylic acids is 1. The van der Waals surface area contributed by atoms with Crippen molar-refractivity contribution in [3.8, 4) is 5.75 Å². The first-order chi connectivity index (χ1) is 8.06. The van der Waals surface area contributed by atoms with Crippen molar-refractivity contribution in [2.45, 2.75) is 19.9 Å². The van der Waals surface area contributed by atoms with Gasteiger partial charge in [0.15, 0.2) is 0 Å². The third kappa shape index (κ3) is 3.71. The quantitative estimate of drug-likeness (QED) is 0.779. The highest BCUT2D eigenvalue weighted by atomic mass is 32.1. The number of ether oxygens (including phenoxy) is 1.